The third-order valence-corrected chi connectivity index (χ3v) is 10.9. The average Bonchev–Trinajstić information content (AvgIpc) is 3.72. The maximum absolute atomic E-state index is 14.7. The number of amides is 8. The van der Waals surface area contributed by atoms with Gasteiger partial charge in [0, 0.05) is 39.4 Å². The average molecular weight is 925 g/mol. The van der Waals surface area contributed by atoms with Crippen molar-refractivity contribution in [1.82, 2.24) is 41.7 Å². The summed E-state index contributed by atoms with van der Waals surface area (Å²) in [6.07, 6.45) is -2.15. The topological polar surface area (TPSA) is 293 Å². The van der Waals surface area contributed by atoms with Crippen molar-refractivity contribution in [3.8, 4) is 0 Å². The Balaban J connectivity index is 1.92. The number of carboxylic acid groups (broad SMARTS) is 2. The number of carbonyl (C=O) groups is 9. The molecule has 362 valence electrons. The highest BCUT2D eigenvalue weighted by Crippen LogP contribution is 2.25. The van der Waals surface area contributed by atoms with E-state index in [1.165, 1.54) is 11.8 Å². The zero-order valence-electron chi connectivity index (χ0n) is 38.2. The fraction of sp³-hybridized carbons (Fsp3) is 0.533. The van der Waals surface area contributed by atoms with E-state index in [0.29, 0.717) is 6.42 Å². The monoisotopic (exact) mass is 924 g/mol. The van der Waals surface area contributed by atoms with Gasteiger partial charge in [0.05, 0.1) is 19.1 Å². The van der Waals surface area contributed by atoms with Crippen LogP contribution in [-0.2, 0) is 56.2 Å². The molecule has 0 radical (unpaired) electrons. The third-order valence-electron chi connectivity index (χ3n) is 10.9. The van der Waals surface area contributed by atoms with Crippen molar-refractivity contribution in [2.24, 2.45) is 11.8 Å². The first-order valence-electron chi connectivity index (χ1n) is 22.0. The van der Waals surface area contributed by atoms with Crippen LogP contribution in [0.4, 0.5) is 4.79 Å². The molecule has 0 aromatic heterocycles. The summed E-state index contributed by atoms with van der Waals surface area (Å²) in [5.41, 5.74) is 4.35. The van der Waals surface area contributed by atoms with Crippen molar-refractivity contribution in [3.63, 3.8) is 0 Å². The Morgan fingerprint density at radius 3 is 1.98 bits per heavy atom. The summed E-state index contributed by atoms with van der Waals surface area (Å²) < 4.78 is 6.19. The molecule has 0 bridgehead atoms. The van der Waals surface area contributed by atoms with Gasteiger partial charge in [0.15, 0.2) is 0 Å². The van der Waals surface area contributed by atoms with E-state index in [2.05, 4.69) is 26.7 Å². The van der Waals surface area contributed by atoms with Crippen molar-refractivity contribution in [2.45, 2.75) is 130 Å². The minimum atomic E-state index is -1.81. The normalized spacial score (nSPS) is 16.7. The number of carbonyl (C=O) groups excluding carboxylic acids is 7. The van der Waals surface area contributed by atoms with Crippen LogP contribution >= 0.6 is 0 Å². The molecule has 2 aromatic carbocycles. The first-order chi connectivity index (χ1) is 31.3. The summed E-state index contributed by atoms with van der Waals surface area (Å²) in [7, 11) is 0. The zero-order chi connectivity index (χ0) is 49.1. The number of hydroxylamine groups is 2. The van der Waals surface area contributed by atoms with Crippen molar-refractivity contribution >= 4 is 53.4 Å². The number of hydrogen-bond donors (Lipinski definition) is 8. The predicted octanol–water partition coefficient (Wildman–Crippen LogP) is 1.93. The standard InChI is InChI=1S/C45H64N8O13/c1-7-21-52(45(64)46-24-30-15-11-9-12-16-30)50-41(60)35-22-32(66-26-31-17-13-10-14-18-31)25-51(35)44(63)38(27(3)4)49-42(61)39(28(5)8-2)53(65)43(62)33(19-20-36(55)56)48-40(59)34(23-37(57)58)47-29(6)54/h9-18,27-28,32-35,38-39,65H,7-8,19-26H2,1-6H3,(H,46,64)(H,47,54)(H,48,59)(H,49,61)(H,50,60)(H,55,56)(H,57,58)/t28-,32+,33+,34-,35-,38-,39-/m0/s1. The maximum atomic E-state index is 14.7. The van der Waals surface area contributed by atoms with E-state index in [0.717, 1.165) is 23.1 Å². The van der Waals surface area contributed by atoms with Crippen LogP contribution in [0, 0.1) is 11.8 Å². The van der Waals surface area contributed by atoms with E-state index in [1.54, 1.807) is 20.8 Å². The molecule has 21 heteroatoms. The Morgan fingerprint density at radius 2 is 1.44 bits per heavy atom. The van der Waals surface area contributed by atoms with Crippen molar-refractivity contribution in [2.75, 3.05) is 13.1 Å². The lowest BCUT2D eigenvalue weighted by molar-refractivity contribution is -0.187. The van der Waals surface area contributed by atoms with Crippen LogP contribution in [0.5, 0.6) is 0 Å². The molecular formula is C45H64N8O13. The van der Waals surface area contributed by atoms with Gasteiger partial charge >= 0.3 is 18.0 Å². The molecule has 1 saturated heterocycles. The van der Waals surface area contributed by atoms with Gasteiger partial charge in [-0.05, 0) is 35.8 Å². The second-order valence-electron chi connectivity index (χ2n) is 16.5. The summed E-state index contributed by atoms with van der Waals surface area (Å²) in [4.78, 5) is 120. The van der Waals surface area contributed by atoms with Gasteiger partial charge in [-0.1, -0.05) is 102 Å². The molecule has 66 heavy (non-hydrogen) atoms. The molecular weight excluding hydrogens is 861 g/mol. The molecule has 2 aromatic rings. The molecule has 1 aliphatic heterocycles. The highest BCUT2D eigenvalue weighted by atomic mass is 16.5. The lowest BCUT2D eigenvalue weighted by atomic mass is 9.95. The van der Waals surface area contributed by atoms with E-state index in [9.17, 15) is 58.6 Å². The molecule has 1 heterocycles. The number of benzene rings is 2. The maximum Gasteiger partial charge on any atom is 0.336 e. The Labute approximate surface area is 383 Å². The van der Waals surface area contributed by atoms with Crippen molar-refractivity contribution < 1.29 is 63.3 Å². The van der Waals surface area contributed by atoms with Gasteiger partial charge in [-0.3, -0.25) is 49.0 Å². The fourth-order valence-electron chi connectivity index (χ4n) is 7.20. The quantitative estimate of drug-likeness (QED) is 0.0553. The first kappa shape index (κ1) is 53.7. The van der Waals surface area contributed by atoms with Crippen LogP contribution in [0.25, 0.3) is 0 Å². The molecule has 21 nitrogen and oxygen atoms in total. The molecule has 0 spiro atoms. The number of rotatable bonds is 24. The van der Waals surface area contributed by atoms with Crippen LogP contribution in [0.1, 0.15) is 91.2 Å². The number of urea groups is 1. The van der Waals surface area contributed by atoms with Gasteiger partial charge in [0.25, 0.3) is 11.8 Å². The number of nitrogens with one attached hydrogen (secondary N) is 5. The summed E-state index contributed by atoms with van der Waals surface area (Å²) in [5.74, 6) is -9.95. The Kier molecular flexibility index (Phi) is 21.5. The number of hydrogen-bond acceptors (Lipinski definition) is 11. The summed E-state index contributed by atoms with van der Waals surface area (Å²) >= 11 is 0. The number of nitrogens with zero attached hydrogens (tertiary/aromatic N) is 3. The number of ether oxygens (including phenoxy) is 1. The van der Waals surface area contributed by atoms with Crippen molar-refractivity contribution in [3.05, 3.63) is 71.8 Å². The minimum absolute atomic E-state index is 0.0297. The van der Waals surface area contributed by atoms with Crippen molar-refractivity contribution in [1.29, 1.82) is 0 Å². The van der Waals surface area contributed by atoms with Crippen LogP contribution in [0.3, 0.4) is 0 Å². The Hall–Kier alpha value is -6.61. The lowest BCUT2D eigenvalue weighted by Crippen LogP contribution is -2.62. The Bertz CT molecular complexity index is 1970. The molecule has 1 fully saturated rings. The molecule has 8 amide bonds. The van der Waals surface area contributed by atoms with Crippen LogP contribution in [0.2, 0.25) is 0 Å². The second kappa shape index (κ2) is 26.4. The largest absolute Gasteiger partial charge is 0.481 e. The summed E-state index contributed by atoms with van der Waals surface area (Å²) in [5, 5.41) is 41.2. The van der Waals surface area contributed by atoms with E-state index < -0.39 is 121 Å². The SMILES string of the molecule is CCCN(NC(=O)[C@@H]1C[C@@H](OCc2ccccc2)CN1C(=O)[C@@H](NC(=O)[C@H]([C@@H](C)CC)N(O)C(=O)[C@@H](CCC(=O)O)NC(=O)[C@H](CC(=O)O)NC(C)=O)C(C)C)C(=O)NCc1ccccc1. The van der Waals surface area contributed by atoms with E-state index >= 15 is 0 Å². The van der Waals surface area contributed by atoms with Gasteiger partial charge in [-0.2, -0.15) is 0 Å². The van der Waals surface area contributed by atoms with Gasteiger partial charge < -0.3 is 41.1 Å². The third kappa shape index (κ3) is 16.4. The number of carboxylic acids is 2. The molecule has 0 aliphatic carbocycles. The predicted molar refractivity (Wildman–Crippen MR) is 236 cm³/mol. The van der Waals surface area contributed by atoms with E-state index in [-0.39, 0.29) is 44.1 Å². The van der Waals surface area contributed by atoms with Gasteiger partial charge in [0.2, 0.25) is 23.6 Å². The molecule has 3 rings (SSSR count). The summed E-state index contributed by atoms with van der Waals surface area (Å²) in [6.45, 7) is 9.73. The van der Waals surface area contributed by atoms with Gasteiger partial charge in [0.1, 0.15) is 30.2 Å². The smallest absolute Gasteiger partial charge is 0.336 e. The second-order valence-corrected chi connectivity index (χ2v) is 16.5. The molecule has 0 unspecified atom stereocenters. The number of likely N-dealkylation sites (tertiary alicyclic amines) is 1. The zero-order valence-corrected chi connectivity index (χ0v) is 38.2. The number of aliphatic carboxylic acids is 2. The molecule has 0 saturated carbocycles. The minimum Gasteiger partial charge on any atom is -0.481 e. The summed E-state index contributed by atoms with van der Waals surface area (Å²) in [6, 6.07) is 10.1. The van der Waals surface area contributed by atoms with Gasteiger partial charge in [-0.25, -0.2) is 14.9 Å². The molecule has 8 N–H and O–H groups in total. The van der Waals surface area contributed by atoms with E-state index in [1.807, 2.05) is 67.6 Å². The van der Waals surface area contributed by atoms with Crippen LogP contribution < -0.4 is 26.7 Å². The van der Waals surface area contributed by atoms with Crippen LogP contribution in [0.15, 0.2) is 60.7 Å². The molecule has 7 atom stereocenters. The highest BCUT2D eigenvalue weighted by Gasteiger charge is 2.45. The Morgan fingerprint density at radius 1 is 0.818 bits per heavy atom. The van der Waals surface area contributed by atoms with Crippen LogP contribution in [-0.4, -0.2) is 133 Å². The highest BCUT2D eigenvalue weighted by molar-refractivity contribution is 5.97. The molecule has 1 aliphatic rings. The first-order valence-corrected chi connectivity index (χ1v) is 22.0. The lowest BCUT2D eigenvalue weighted by Gasteiger charge is -2.35. The fourth-order valence-corrected chi connectivity index (χ4v) is 7.20. The van der Waals surface area contributed by atoms with E-state index in [4.69, 9.17) is 4.74 Å². The number of hydrazine groups is 1. The van der Waals surface area contributed by atoms with Gasteiger partial charge in [-0.15, -0.1) is 0 Å².